The van der Waals surface area contributed by atoms with Gasteiger partial charge in [-0.15, -0.1) is 0 Å². The summed E-state index contributed by atoms with van der Waals surface area (Å²) < 4.78 is 0. The van der Waals surface area contributed by atoms with Gasteiger partial charge in [-0.2, -0.15) is 0 Å². The van der Waals surface area contributed by atoms with Crippen LogP contribution >= 0.6 is 0 Å². The number of fused-ring (bicyclic) bond motifs is 1. The highest BCUT2D eigenvalue weighted by Gasteiger charge is 2.19. The lowest BCUT2D eigenvalue weighted by molar-refractivity contribution is -0.383. The molecule has 0 aliphatic carbocycles. The van der Waals surface area contributed by atoms with E-state index in [-0.39, 0.29) is 5.69 Å². The number of aromatic nitrogens is 3. The zero-order valence-electron chi connectivity index (χ0n) is 13.3. The van der Waals surface area contributed by atoms with Crippen molar-refractivity contribution in [3.63, 3.8) is 0 Å². The molecule has 0 aliphatic heterocycles. The molecule has 2 heterocycles. The lowest BCUT2D eigenvalue weighted by atomic mass is 10.1. The first-order valence-electron chi connectivity index (χ1n) is 7.42. The number of anilines is 3. The van der Waals surface area contributed by atoms with Gasteiger partial charge in [-0.25, -0.2) is 9.97 Å². The molecule has 8 nitrogen and oxygen atoms in total. The van der Waals surface area contributed by atoms with Crippen LogP contribution in [0.3, 0.4) is 0 Å². The van der Waals surface area contributed by atoms with Gasteiger partial charge in [-0.1, -0.05) is 0 Å². The maximum Gasteiger partial charge on any atom is 0.293 e. The van der Waals surface area contributed by atoms with Crippen molar-refractivity contribution in [2.24, 2.45) is 0 Å². The van der Waals surface area contributed by atoms with Gasteiger partial charge in [0.2, 0.25) is 0 Å². The topological polar surface area (TPSA) is 97.1 Å². The third-order valence-electron chi connectivity index (χ3n) is 3.65. The minimum atomic E-state index is -0.404. The molecule has 0 saturated carbocycles. The summed E-state index contributed by atoms with van der Waals surface area (Å²) in [5.74, 6) is 0.583. The van der Waals surface area contributed by atoms with Crippen molar-refractivity contribution in [2.75, 3.05) is 23.8 Å². The van der Waals surface area contributed by atoms with E-state index in [4.69, 9.17) is 0 Å². The number of nitrogens with zero attached hydrogens (tertiary/aromatic N) is 5. The summed E-state index contributed by atoms with van der Waals surface area (Å²) in [6.45, 7) is 2.47. The first kappa shape index (κ1) is 15.6. The summed E-state index contributed by atoms with van der Waals surface area (Å²) in [4.78, 5) is 25.5. The molecule has 0 saturated heterocycles. The van der Waals surface area contributed by atoms with Crippen LogP contribution in [-0.2, 0) is 0 Å². The maximum atomic E-state index is 11.4. The van der Waals surface area contributed by atoms with E-state index >= 15 is 0 Å². The van der Waals surface area contributed by atoms with Crippen molar-refractivity contribution in [2.45, 2.75) is 6.92 Å². The molecule has 0 fully saturated rings. The third kappa shape index (κ3) is 2.81. The predicted octanol–water partition coefficient (Wildman–Crippen LogP) is 3.13. The van der Waals surface area contributed by atoms with Crippen LogP contribution in [0, 0.1) is 10.1 Å². The molecule has 122 valence electrons. The molecule has 1 N–H and O–H groups in total. The van der Waals surface area contributed by atoms with Crippen molar-refractivity contribution in [1.29, 1.82) is 0 Å². The third-order valence-corrected chi connectivity index (χ3v) is 3.65. The molecule has 24 heavy (non-hydrogen) atoms. The molecule has 0 aliphatic rings. The van der Waals surface area contributed by atoms with Gasteiger partial charge in [0.15, 0.2) is 0 Å². The largest absolute Gasteiger partial charge is 0.380 e. The number of nitrogens with one attached hydrogen (secondary N) is 1. The minimum absolute atomic E-state index is 0.0000123. The average Bonchev–Trinajstić information content (AvgIpc) is 2.61. The Morgan fingerprint density at radius 3 is 2.83 bits per heavy atom. The fourth-order valence-electron chi connectivity index (χ4n) is 2.50. The Morgan fingerprint density at radius 1 is 1.33 bits per heavy atom. The molecular formula is C16H16N6O2. The van der Waals surface area contributed by atoms with Crippen molar-refractivity contribution in [3.8, 4) is 0 Å². The van der Waals surface area contributed by atoms with E-state index in [9.17, 15) is 10.1 Å². The second-order valence-corrected chi connectivity index (χ2v) is 5.14. The van der Waals surface area contributed by atoms with Crippen molar-refractivity contribution in [3.05, 3.63) is 53.1 Å². The van der Waals surface area contributed by atoms with Gasteiger partial charge >= 0.3 is 0 Å². The Balaban J connectivity index is 2.19. The molecule has 0 bridgehead atoms. The minimum Gasteiger partial charge on any atom is -0.380 e. The van der Waals surface area contributed by atoms with Gasteiger partial charge < -0.3 is 10.2 Å². The normalized spacial score (nSPS) is 10.6. The van der Waals surface area contributed by atoms with Crippen LogP contribution < -0.4 is 10.2 Å². The van der Waals surface area contributed by atoms with E-state index in [0.717, 1.165) is 5.69 Å². The Hall–Kier alpha value is -3.29. The molecule has 1 aromatic carbocycles. The quantitative estimate of drug-likeness (QED) is 0.568. The highest BCUT2D eigenvalue weighted by atomic mass is 16.6. The van der Waals surface area contributed by atoms with Crippen LogP contribution in [0.2, 0.25) is 0 Å². The molecule has 3 aromatic rings. The Morgan fingerprint density at radius 2 is 2.17 bits per heavy atom. The molecule has 0 spiro atoms. The summed E-state index contributed by atoms with van der Waals surface area (Å²) in [5, 5.41) is 15.0. The van der Waals surface area contributed by atoms with Gasteiger partial charge in [0, 0.05) is 25.9 Å². The molecule has 0 unspecified atom stereocenters. The van der Waals surface area contributed by atoms with E-state index in [2.05, 4.69) is 20.3 Å². The molecule has 0 radical (unpaired) electrons. The molecule has 8 heteroatoms. The molecular weight excluding hydrogens is 308 g/mol. The second-order valence-electron chi connectivity index (χ2n) is 5.14. The molecule has 2 aromatic heterocycles. The summed E-state index contributed by atoms with van der Waals surface area (Å²) >= 11 is 0. The predicted molar refractivity (Wildman–Crippen MR) is 92.7 cm³/mol. The highest BCUT2D eigenvalue weighted by molar-refractivity contribution is 5.96. The maximum absolute atomic E-state index is 11.4. The van der Waals surface area contributed by atoms with E-state index in [1.54, 1.807) is 18.5 Å². The first-order valence-corrected chi connectivity index (χ1v) is 7.42. The zero-order valence-corrected chi connectivity index (χ0v) is 13.3. The number of nitro benzene ring substituents is 1. The summed E-state index contributed by atoms with van der Waals surface area (Å²) in [7, 11) is 1.84. The van der Waals surface area contributed by atoms with Gasteiger partial charge in [0.1, 0.15) is 17.8 Å². The van der Waals surface area contributed by atoms with Crippen LogP contribution in [0.5, 0.6) is 0 Å². The van der Waals surface area contributed by atoms with Gasteiger partial charge in [-0.05, 0) is 25.1 Å². The van der Waals surface area contributed by atoms with Gasteiger partial charge in [0.05, 0.1) is 27.7 Å². The Bertz CT molecular complexity index is 884. The van der Waals surface area contributed by atoms with Crippen LogP contribution in [0.1, 0.15) is 6.92 Å². The monoisotopic (exact) mass is 324 g/mol. The van der Waals surface area contributed by atoms with Crippen molar-refractivity contribution >= 4 is 33.8 Å². The number of hydrogen-bond acceptors (Lipinski definition) is 7. The Labute approximate surface area is 138 Å². The summed E-state index contributed by atoms with van der Waals surface area (Å²) in [5.41, 5.74) is 1.91. The lowest BCUT2D eigenvalue weighted by Gasteiger charge is -2.19. The number of nitro groups is 1. The van der Waals surface area contributed by atoms with Crippen LogP contribution in [0.25, 0.3) is 10.9 Å². The lowest BCUT2D eigenvalue weighted by Crippen LogP contribution is -2.12. The molecule has 0 amide bonds. The second kappa shape index (κ2) is 6.45. The van der Waals surface area contributed by atoms with Crippen molar-refractivity contribution < 1.29 is 4.92 Å². The summed E-state index contributed by atoms with van der Waals surface area (Å²) in [6.07, 6.45) is 4.84. The fraction of sp³-hybridized carbons (Fsp3) is 0.188. The molecule has 3 rings (SSSR count). The van der Waals surface area contributed by atoms with Crippen molar-refractivity contribution in [1.82, 2.24) is 15.0 Å². The number of benzene rings is 1. The highest BCUT2D eigenvalue weighted by Crippen LogP contribution is 2.34. The van der Waals surface area contributed by atoms with E-state index in [1.165, 1.54) is 12.4 Å². The summed E-state index contributed by atoms with van der Waals surface area (Å²) in [6, 6.07) is 6.90. The number of hydrogen-bond donors (Lipinski definition) is 1. The fourth-order valence-corrected chi connectivity index (χ4v) is 2.50. The Kier molecular flexibility index (Phi) is 4.19. The number of pyridine rings is 1. The van der Waals surface area contributed by atoms with Crippen LogP contribution in [0.15, 0.2) is 43.0 Å². The van der Waals surface area contributed by atoms with E-state index < -0.39 is 4.92 Å². The SMILES string of the molecule is CCNc1cc2ncnc(N(C)c3cccnc3)c2cc1[N+](=O)[O-]. The zero-order chi connectivity index (χ0) is 17.1. The van der Waals surface area contributed by atoms with Crippen LogP contribution in [-0.4, -0.2) is 33.5 Å². The first-order chi connectivity index (χ1) is 11.6. The van der Waals surface area contributed by atoms with E-state index in [1.807, 2.05) is 31.0 Å². The number of rotatable bonds is 5. The smallest absolute Gasteiger partial charge is 0.293 e. The van der Waals surface area contributed by atoms with E-state index in [0.29, 0.717) is 29.0 Å². The van der Waals surface area contributed by atoms with Crippen LogP contribution in [0.4, 0.5) is 22.9 Å². The van der Waals surface area contributed by atoms with Gasteiger partial charge in [-0.3, -0.25) is 15.1 Å². The molecule has 0 atom stereocenters. The average molecular weight is 324 g/mol. The van der Waals surface area contributed by atoms with Gasteiger partial charge in [0.25, 0.3) is 5.69 Å². The standard InChI is InChI=1S/C16H16N6O2/c1-3-18-14-8-13-12(7-15(14)22(23)24)16(20-10-19-13)21(2)11-5-4-6-17-9-11/h4-10,18H,3H2,1-2H3.